The topological polar surface area (TPSA) is 26.3 Å². The highest BCUT2D eigenvalue weighted by atomic mass is 32.1. The predicted octanol–water partition coefficient (Wildman–Crippen LogP) is 3.96. The van der Waals surface area contributed by atoms with Gasteiger partial charge in [0.2, 0.25) is 0 Å². The molecule has 1 aromatic carbocycles. The number of para-hydroxylation sites is 1. The van der Waals surface area contributed by atoms with E-state index in [9.17, 15) is 4.79 Å². The smallest absolute Gasteiger partial charge is 0.170 e. The SMILES string of the molecule is CCCOc1ccccc1C(=O)Cc1ccsc1. The largest absolute Gasteiger partial charge is 0.493 e. The van der Waals surface area contributed by atoms with Crippen LogP contribution in [-0.4, -0.2) is 12.4 Å². The number of carbonyl (C=O) groups is 1. The molecule has 0 radical (unpaired) electrons. The fourth-order valence-corrected chi connectivity index (χ4v) is 2.38. The zero-order valence-electron chi connectivity index (χ0n) is 10.4. The Morgan fingerprint density at radius 1 is 1.28 bits per heavy atom. The van der Waals surface area contributed by atoms with E-state index in [2.05, 4.69) is 6.92 Å². The minimum Gasteiger partial charge on any atom is -0.493 e. The molecule has 0 atom stereocenters. The summed E-state index contributed by atoms with van der Waals surface area (Å²) in [6, 6.07) is 9.44. The lowest BCUT2D eigenvalue weighted by molar-refractivity contribution is 0.0989. The fraction of sp³-hybridized carbons (Fsp3) is 0.267. The standard InChI is InChI=1S/C15H16O2S/c1-2-8-17-15-6-4-3-5-13(15)14(16)10-12-7-9-18-11-12/h3-7,9,11H,2,8,10H2,1H3. The second-order valence-electron chi connectivity index (χ2n) is 4.08. The minimum atomic E-state index is 0.111. The van der Waals surface area contributed by atoms with Gasteiger partial charge in [0.15, 0.2) is 5.78 Å². The molecule has 3 heteroatoms. The van der Waals surface area contributed by atoms with Gasteiger partial charge in [-0.05, 0) is 40.9 Å². The Labute approximate surface area is 111 Å². The van der Waals surface area contributed by atoms with Gasteiger partial charge in [0.1, 0.15) is 5.75 Å². The lowest BCUT2D eigenvalue weighted by atomic mass is 10.0. The number of benzene rings is 1. The molecule has 0 bridgehead atoms. The van der Waals surface area contributed by atoms with E-state index in [4.69, 9.17) is 4.74 Å². The van der Waals surface area contributed by atoms with E-state index in [0.29, 0.717) is 24.3 Å². The number of carbonyl (C=O) groups excluding carboxylic acids is 1. The second-order valence-corrected chi connectivity index (χ2v) is 4.86. The molecule has 0 unspecified atom stereocenters. The molecule has 1 heterocycles. The van der Waals surface area contributed by atoms with Crippen molar-refractivity contribution in [2.45, 2.75) is 19.8 Å². The van der Waals surface area contributed by atoms with Gasteiger partial charge in [-0.3, -0.25) is 4.79 Å². The van der Waals surface area contributed by atoms with Gasteiger partial charge in [-0.25, -0.2) is 0 Å². The summed E-state index contributed by atoms with van der Waals surface area (Å²) in [6.07, 6.45) is 1.38. The highest BCUT2D eigenvalue weighted by molar-refractivity contribution is 7.08. The van der Waals surface area contributed by atoms with Crippen molar-refractivity contribution in [2.75, 3.05) is 6.61 Å². The summed E-state index contributed by atoms with van der Waals surface area (Å²) in [5.74, 6) is 0.805. The van der Waals surface area contributed by atoms with Crippen molar-refractivity contribution < 1.29 is 9.53 Å². The molecule has 0 saturated carbocycles. The Morgan fingerprint density at radius 2 is 2.11 bits per heavy atom. The van der Waals surface area contributed by atoms with Crippen LogP contribution in [0.4, 0.5) is 0 Å². The van der Waals surface area contributed by atoms with Crippen molar-refractivity contribution in [1.82, 2.24) is 0 Å². The molecule has 0 aliphatic heterocycles. The van der Waals surface area contributed by atoms with Crippen LogP contribution in [0, 0.1) is 0 Å². The first-order chi connectivity index (χ1) is 8.81. The van der Waals surface area contributed by atoms with Crippen LogP contribution in [0.2, 0.25) is 0 Å². The number of hydrogen-bond acceptors (Lipinski definition) is 3. The molecule has 2 rings (SSSR count). The van der Waals surface area contributed by atoms with Crippen molar-refractivity contribution >= 4 is 17.1 Å². The van der Waals surface area contributed by atoms with Crippen molar-refractivity contribution in [3.8, 4) is 5.75 Å². The summed E-state index contributed by atoms with van der Waals surface area (Å²) in [7, 11) is 0. The molecule has 0 aliphatic rings. The zero-order chi connectivity index (χ0) is 12.8. The Bertz CT molecular complexity index is 503. The number of rotatable bonds is 6. The Kier molecular flexibility index (Phi) is 4.53. The number of hydrogen-bond donors (Lipinski definition) is 0. The second kappa shape index (κ2) is 6.36. The predicted molar refractivity (Wildman–Crippen MR) is 74.6 cm³/mol. The van der Waals surface area contributed by atoms with E-state index >= 15 is 0 Å². The molecule has 0 spiro atoms. The normalized spacial score (nSPS) is 10.3. The van der Waals surface area contributed by atoms with Crippen LogP contribution in [0.5, 0.6) is 5.75 Å². The van der Waals surface area contributed by atoms with Crippen LogP contribution in [-0.2, 0) is 6.42 Å². The number of thiophene rings is 1. The Balaban J connectivity index is 2.13. The Morgan fingerprint density at radius 3 is 2.83 bits per heavy atom. The van der Waals surface area contributed by atoms with E-state index < -0.39 is 0 Å². The van der Waals surface area contributed by atoms with Crippen molar-refractivity contribution in [2.24, 2.45) is 0 Å². The van der Waals surface area contributed by atoms with E-state index in [0.717, 1.165) is 12.0 Å². The van der Waals surface area contributed by atoms with E-state index in [1.165, 1.54) is 0 Å². The maximum Gasteiger partial charge on any atom is 0.170 e. The van der Waals surface area contributed by atoms with Crippen molar-refractivity contribution in [3.05, 3.63) is 52.2 Å². The fourth-order valence-electron chi connectivity index (χ4n) is 1.71. The highest BCUT2D eigenvalue weighted by Gasteiger charge is 2.12. The summed E-state index contributed by atoms with van der Waals surface area (Å²) in [4.78, 5) is 12.2. The summed E-state index contributed by atoms with van der Waals surface area (Å²) in [6.45, 7) is 2.69. The third-order valence-corrected chi connectivity index (χ3v) is 3.33. The molecule has 2 nitrogen and oxygen atoms in total. The van der Waals surface area contributed by atoms with E-state index in [-0.39, 0.29) is 5.78 Å². The average Bonchev–Trinajstić information content (AvgIpc) is 2.89. The van der Waals surface area contributed by atoms with Gasteiger partial charge in [-0.1, -0.05) is 19.1 Å². The van der Waals surface area contributed by atoms with E-state index in [1.807, 2.05) is 41.1 Å². The van der Waals surface area contributed by atoms with Crippen molar-refractivity contribution in [3.63, 3.8) is 0 Å². The quantitative estimate of drug-likeness (QED) is 0.735. The molecule has 0 N–H and O–H groups in total. The molecule has 0 saturated heterocycles. The summed E-state index contributed by atoms with van der Waals surface area (Å²) < 4.78 is 5.61. The highest BCUT2D eigenvalue weighted by Crippen LogP contribution is 2.21. The van der Waals surface area contributed by atoms with Crippen LogP contribution in [0.3, 0.4) is 0 Å². The first kappa shape index (κ1) is 12.8. The van der Waals surface area contributed by atoms with Crippen LogP contribution in [0.1, 0.15) is 29.3 Å². The number of ether oxygens (including phenoxy) is 1. The third-order valence-electron chi connectivity index (χ3n) is 2.59. The molecule has 0 aliphatic carbocycles. The molecule has 0 fully saturated rings. The molecule has 1 aromatic heterocycles. The third kappa shape index (κ3) is 3.20. The summed E-state index contributed by atoms with van der Waals surface area (Å²) >= 11 is 1.61. The zero-order valence-corrected chi connectivity index (χ0v) is 11.2. The van der Waals surface area contributed by atoms with Gasteiger partial charge in [-0.2, -0.15) is 11.3 Å². The van der Waals surface area contributed by atoms with Gasteiger partial charge in [-0.15, -0.1) is 0 Å². The van der Waals surface area contributed by atoms with Gasteiger partial charge in [0.05, 0.1) is 12.2 Å². The van der Waals surface area contributed by atoms with Crippen LogP contribution in [0.15, 0.2) is 41.1 Å². The lowest BCUT2D eigenvalue weighted by Gasteiger charge is -2.09. The molecular formula is C15H16O2S. The molecular weight excluding hydrogens is 244 g/mol. The molecule has 18 heavy (non-hydrogen) atoms. The van der Waals surface area contributed by atoms with Gasteiger partial charge >= 0.3 is 0 Å². The monoisotopic (exact) mass is 260 g/mol. The van der Waals surface area contributed by atoms with Gasteiger partial charge < -0.3 is 4.74 Å². The van der Waals surface area contributed by atoms with Gasteiger partial charge in [0, 0.05) is 6.42 Å². The van der Waals surface area contributed by atoms with Crippen molar-refractivity contribution in [1.29, 1.82) is 0 Å². The van der Waals surface area contributed by atoms with Crippen LogP contribution >= 0.6 is 11.3 Å². The molecule has 2 aromatic rings. The van der Waals surface area contributed by atoms with E-state index in [1.54, 1.807) is 11.3 Å². The number of Topliss-reactive ketones (excluding diaryl/α,β-unsaturated/α-hetero) is 1. The Hall–Kier alpha value is -1.61. The molecule has 94 valence electrons. The molecule has 0 amide bonds. The van der Waals surface area contributed by atoms with Crippen LogP contribution < -0.4 is 4.74 Å². The van der Waals surface area contributed by atoms with Crippen LogP contribution in [0.25, 0.3) is 0 Å². The maximum atomic E-state index is 12.2. The minimum absolute atomic E-state index is 0.111. The maximum absolute atomic E-state index is 12.2. The number of ketones is 1. The lowest BCUT2D eigenvalue weighted by Crippen LogP contribution is -2.07. The summed E-state index contributed by atoms with van der Waals surface area (Å²) in [5, 5.41) is 4.00. The first-order valence-electron chi connectivity index (χ1n) is 6.07. The first-order valence-corrected chi connectivity index (χ1v) is 7.01. The average molecular weight is 260 g/mol. The summed E-state index contributed by atoms with van der Waals surface area (Å²) in [5.41, 5.74) is 1.74. The van der Waals surface area contributed by atoms with Gasteiger partial charge in [0.25, 0.3) is 0 Å².